The second-order valence-electron chi connectivity index (χ2n) is 6.47. The number of benzene rings is 1. The third-order valence-corrected chi connectivity index (χ3v) is 4.07. The molecular weight excluding hydrogens is 232 g/mol. The van der Waals surface area contributed by atoms with Crippen LogP contribution in [0, 0.1) is 11.8 Å². The minimum Gasteiger partial charge on any atom is -0.329 e. The van der Waals surface area contributed by atoms with Crippen molar-refractivity contribution >= 4 is 0 Å². The van der Waals surface area contributed by atoms with E-state index in [-0.39, 0.29) is 0 Å². The molecule has 1 fully saturated rings. The zero-order chi connectivity index (χ0) is 13.8. The summed E-state index contributed by atoms with van der Waals surface area (Å²) >= 11 is 0. The van der Waals surface area contributed by atoms with Gasteiger partial charge in [-0.15, -0.1) is 0 Å². The van der Waals surface area contributed by atoms with Crippen LogP contribution in [0.25, 0.3) is 0 Å². The predicted octanol–water partition coefficient (Wildman–Crippen LogP) is 3.05. The van der Waals surface area contributed by atoms with Crippen LogP contribution in [-0.4, -0.2) is 24.5 Å². The molecule has 1 saturated carbocycles. The van der Waals surface area contributed by atoms with Crippen LogP contribution in [0.1, 0.15) is 37.8 Å². The SMILES string of the molecule is CC(C)Cc1ccc(CN(C)C(CN)C2CC2)cc1. The molecule has 19 heavy (non-hydrogen) atoms. The van der Waals surface area contributed by atoms with Gasteiger partial charge >= 0.3 is 0 Å². The maximum Gasteiger partial charge on any atom is 0.0247 e. The Morgan fingerprint density at radius 3 is 2.21 bits per heavy atom. The molecular formula is C17H28N2. The molecule has 1 aliphatic rings. The molecule has 0 bridgehead atoms. The van der Waals surface area contributed by atoms with E-state index in [0.29, 0.717) is 6.04 Å². The van der Waals surface area contributed by atoms with Crippen LogP contribution < -0.4 is 5.73 Å². The van der Waals surface area contributed by atoms with E-state index in [1.165, 1.54) is 30.4 Å². The Labute approximate surface area is 118 Å². The molecule has 0 aromatic heterocycles. The Morgan fingerprint density at radius 2 is 1.74 bits per heavy atom. The number of nitrogens with two attached hydrogens (primary N) is 1. The molecule has 106 valence electrons. The summed E-state index contributed by atoms with van der Waals surface area (Å²) in [6, 6.07) is 9.66. The molecule has 0 amide bonds. The van der Waals surface area contributed by atoms with E-state index in [1.807, 2.05) is 0 Å². The third kappa shape index (κ3) is 4.32. The Hall–Kier alpha value is -0.860. The van der Waals surface area contributed by atoms with Gasteiger partial charge in [-0.2, -0.15) is 0 Å². The summed E-state index contributed by atoms with van der Waals surface area (Å²) < 4.78 is 0. The van der Waals surface area contributed by atoms with E-state index in [2.05, 4.69) is 50.1 Å². The van der Waals surface area contributed by atoms with Gasteiger partial charge in [0.2, 0.25) is 0 Å². The first-order valence-electron chi connectivity index (χ1n) is 7.58. The lowest BCUT2D eigenvalue weighted by Crippen LogP contribution is -2.39. The lowest BCUT2D eigenvalue weighted by Gasteiger charge is -2.27. The zero-order valence-electron chi connectivity index (χ0n) is 12.6. The van der Waals surface area contributed by atoms with Crippen LogP contribution in [0.15, 0.2) is 24.3 Å². The fourth-order valence-electron chi connectivity index (χ4n) is 2.87. The summed E-state index contributed by atoms with van der Waals surface area (Å²) in [5, 5.41) is 0. The van der Waals surface area contributed by atoms with Crippen molar-refractivity contribution in [3.8, 4) is 0 Å². The second kappa shape index (κ2) is 6.53. The van der Waals surface area contributed by atoms with Gasteiger partial charge in [-0.1, -0.05) is 38.1 Å². The number of rotatable bonds is 7. The first-order valence-corrected chi connectivity index (χ1v) is 7.58. The molecule has 2 nitrogen and oxygen atoms in total. The highest BCUT2D eigenvalue weighted by molar-refractivity contribution is 5.23. The summed E-state index contributed by atoms with van der Waals surface area (Å²) in [5.74, 6) is 1.57. The highest BCUT2D eigenvalue weighted by atomic mass is 15.1. The van der Waals surface area contributed by atoms with E-state index in [9.17, 15) is 0 Å². The van der Waals surface area contributed by atoms with E-state index >= 15 is 0 Å². The molecule has 2 heteroatoms. The van der Waals surface area contributed by atoms with E-state index in [4.69, 9.17) is 5.73 Å². The molecule has 1 aromatic carbocycles. The lowest BCUT2D eigenvalue weighted by atomic mass is 10.0. The summed E-state index contributed by atoms with van der Waals surface area (Å²) in [6.45, 7) is 6.33. The Kier molecular flexibility index (Phi) is 5.00. The zero-order valence-corrected chi connectivity index (χ0v) is 12.6. The van der Waals surface area contributed by atoms with E-state index in [1.54, 1.807) is 0 Å². The minimum atomic E-state index is 0.565. The van der Waals surface area contributed by atoms with Crippen LogP contribution >= 0.6 is 0 Å². The van der Waals surface area contributed by atoms with Crippen molar-refractivity contribution in [2.24, 2.45) is 17.6 Å². The summed E-state index contributed by atoms with van der Waals surface area (Å²) in [4.78, 5) is 2.43. The highest BCUT2D eigenvalue weighted by Crippen LogP contribution is 2.34. The highest BCUT2D eigenvalue weighted by Gasteiger charge is 2.32. The number of hydrogen-bond acceptors (Lipinski definition) is 2. The topological polar surface area (TPSA) is 29.3 Å². The van der Waals surface area contributed by atoms with Crippen LogP contribution in [-0.2, 0) is 13.0 Å². The molecule has 2 rings (SSSR count). The number of nitrogens with zero attached hydrogens (tertiary/aromatic N) is 1. The number of hydrogen-bond donors (Lipinski definition) is 1. The fraction of sp³-hybridized carbons (Fsp3) is 0.647. The van der Waals surface area contributed by atoms with Gasteiger partial charge in [0.05, 0.1) is 0 Å². The Bertz CT molecular complexity index is 379. The maximum atomic E-state index is 5.91. The minimum absolute atomic E-state index is 0.565. The lowest BCUT2D eigenvalue weighted by molar-refractivity contribution is 0.215. The summed E-state index contributed by atoms with van der Waals surface area (Å²) in [6.07, 6.45) is 3.89. The van der Waals surface area contributed by atoms with Gasteiger partial charge in [0.25, 0.3) is 0 Å². The average molecular weight is 260 g/mol. The van der Waals surface area contributed by atoms with Crippen molar-refractivity contribution in [1.82, 2.24) is 4.90 Å². The molecule has 0 aliphatic heterocycles. The largest absolute Gasteiger partial charge is 0.329 e. The molecule has 0 saturated heterocycles. The van der Waals surface area contributed by atoms with Crippen molar-refractivity contribution in [2.75, 3.05) is 13.6 Å². The van der Waals surface area contributed by atoms with Crippen molar-refractivity contribution in [3.05, 3.63) is 35.4 Å². The molecule has 1 aromatic rings. The third-order valence-electron chi connectivity index (χ3n) is 4.07. The quantitative estimate of drug-likeness (QED) is 0.816. The summed E-state index contributed by atoms with van der Waals surface area (Å²) in [5.41, 5.74) is 8.75. The van der Waals surface area contributed by atoms with E-state index < -0.39 is 0 Å². The first kappa shape index (κ1) is 14.5. The molecule has 1 unspecified atom stereocenters. The molecule has 1 atom stereocenters. The monoisotopic (exact) mass is 260 g/mol. The van der Waals surface area contributed by atoms with Crippen LogP contribution in [0.5, 0.6) is 0 Å². The van der Waals surface area contributed by atoms with Crippen molar-refractivity contribution < 1.29 is 0 Å². The van der Waals surface area contributed by atoms with Crippen molar-refractivity contribution in [1.29, 1.82) is 0 Å². The normalized spacial score (nSPS) is 17.2. The van der Waals surface area contributed by atoms with Gasteiger partial charge in [0.15, 0.2) is 0 Å². The fourth-order valence-corrected chi connectivity index (χ4v) is 2.87. The Morgan fingerprint density at radius 1 is 1.16 bits per heavy atom. The molecule has 2 N–H and O–H groups in total. The predicted molar refractivity (Wildman–Crippen MR) is 82.0 cm³/mol. The van der Waals surface area contributed by atoms with Crippen LogP contribution in [0.4, 0.5) is 0 Å². The van der Waals surface area contributed by atoms with Crippen molar-refractivity contribution in [2.45, 2.75) is 45.7 Å². The second-order valence-corrected chi connectivity index (χ2v) is 6.47. The van der Waals surface area contributed by atoms with Crippen LogP contribution in [0.2, 0.25) is 0 Å². The Balaban J connectivity index is 1.91. The standard InChI is InChI=1S/C17H28N2/c1-13(2)10-14-4-6-15(7-5-14)12-19(3)17(11-18)16-8-9-16/h4-7,13,16-17H,8-12,18H2,1-3H3. The summed E-state index contributed by atoms with van der Waals surface area (Å²) in [7, 11) is 2.21. The first-order chi connectivity index (χ1) is 9.10. The van der Waals surface area contributed by atoms with Gasteiger partial charge in [-0.3, -0.25) is 4.90 Å². The van der Waals surface area contributed by atoms with Gasteiger partial charge in [-0.25, -0.2) is 0 Å². The number of likely N-dealkylation sites (N-methyl/N-ethyl adjacent to an activating group) is 1. The van der Waals surface area contributed by atoms with Crippen LogP contribution in [0.3, 0.4) is 0 Å². The van der Waals surface area contributed by atoms with Gasteiger partial charge in [0.1, 0.15) is 0 Å². The van der Waals surface area contributed by atoms with Gasteiger partial charge in [-0.05, 0) is 49.3 Å². The van der Waals surface area contributed by atoms with Gasteiger partial charge < -0.3 is 5.73 Å². The van der Waals surface area contributed by atoms with Gasteiger partial charge in [0, 0.05) is 19.1 Å². The molecule has 1 aliphatic carbocycles. The average Bonchev–Trinajstić information content (AvgIpc) is 3.16. The molecule has 0 spiro atoms. The van der Waals surface area contributed by atoms with E-state index in [0.717, 1.165) is 24.9 Å². The molecule has 0 radical (unpaired) electrons. The molecule has 0 heterocycles. The smallest absolute Gasteiger partial charge is 0.0247 e. The van der Waals surface area contributed by atoms with Crippen molar-refractivity contribution in [3.63, 3.8) is 0 Å². The maximum absolute atomic E-state index is 5.91.